The van der Waals surface area contributed by atoms with Crippen molar-refractivity contribution in [3.63, 3.8) is 0 Å². The van der Waals surface area contributed by atoms with Crippen molar-refractivity contribution in [3.05, 3.63) is 35.4 Å². The fourth-order valence-electron chi connectivity index (χ4n) is 1.22. The summed E-state index contributed by atoms with van der Waals surface area (Å²) in [6, 6.07) is 3.24. The maximum Gasteiger partial charge on any atom is 0.573 e. The van der Waals surface area contributed by atoms with E-state index in [4.69, 9.17) is 10.2 Å². The van der Waals surface area contributed by atoms with Crippen molar-refractivity contribution in [3.8, 4) is 5.75 Å². The molecule has 1 aromatic carbocycles. The molecule has 98 valence electrons. The third-order valence-corrected chi connectivity index (χ3v) is 1.88. The summed E-state index contributed by atoms with van der Waals surface area (Å²) in [5, 5.41) is 17.3. The molecule has 0 amide bonds. The molecule has 0 radical (unpaired) electrons. The SMILES string of the molecule is O=C(O)c1ccc(C=CCO)cc1OC(F)(F)F. The van der Waals surface area contributed by atoms with E-state index in [0.717, 1.165) is 12.1 Å². The highest BCUT2D eigenvalue weighted by molar-refractivity contribution is 5.91. The Morgan fingerprint density at radius 2 is 2.06 bits per heavy atom. The van der Waals surface area contributed by atoms with E-state index in [0.29, 0.717) is 0 Å². The summed E-state index contributed by atoms with van der Waals surface area (Å²) in [5.41, 5.74) is -0.304. The molecule has 1 rings (SSSR count). The van der Waals surface area contributed by atoms with Gasteiger partial charge in [0.2, 0.25) is 0 Å². The van der Waals surface area contributed by atoms with Crippen LogP contribution in [0.5, 0.6) is 5.75 Å². The average Bonchev–Trinajstić information content (AvgIpc) is 2.23. The average molecular weight is 262 g/mol. The molecule has 7 heteroatoms. The summed E-state index contributed by atoms with van der Waals surface area (Å²) in [5.74, 6) is -2.32. The van der Waals surface area contributed by atoms with Gasteiger partial charge in [-0.05, 0) is 17.7 Å². The highest BCUT2D eigenvalue weighted by Gasteiger charge is 2.33. The zero-order valence-electron chi connectivity index (χ0n) is 8.94. The molecule has 0 atom stereocenters. The second kappa shape index (κ2) is 5.54. The Morgan fingerprint density at radius 1 is 1.39 bits per heavy atom. The third kappa shape index (κ3) is 4.10. The van der Waals surface area contributed by atoms with Crippen LogP contribution < -0.4 is 4.74 Å². The van der Waals surface area contributed by atoms with Gasteiger partial charge < -0.3 is 14.9 Å². The number of hydrogen-bond donors (Lipinski definition) is 2. The number of carboxylic acids is 1. The van der Waals surface area contributed by atoms with Crippen molar-refractivity contribution < 1.29 is 32.9 Å². The monoisotopic (exact) mass is 262 g/mol. The third-order valence-electron chi connectivity index (χ3n) is 1.88. The highest BCUT2D eigenvalue weighted by Crippen LogP contribution is 2.28. The van der Waals surface area contributed by atoms with Crippen LogP contribution in [0.2, 0.25) is 0 Å². The molecule has 0 aliphatic heterocycles. The summed E-state index contributed by atoms with van der Waals surface area (Å²) in [7, 11) is 0. The van der Waals surface area contributed by atoms with Gasteiger partial charge in [0, 0.05) is 0 Å². The van der Waals surface area contributed by atoms with E-state index in [1.807, 2.05) is 0 Å². The predicted octanol–water partition coefficient (Wildman–Crippen LogP) is 2.29. The normalized spacial score (nSPS) is 11.8. The molecule has 0 heterocycles. The van der Waals surface area contributed by atoms with Crippen molar-refractivity contribution in [2.45, 2.75) is 6.36 Å². The first-order chi connectivity index (χ1) is 8.33. The van der Waals surface area contributed by atoms with Gasteiger partial charge in [-0.25, -0.2) is 4.79 Å². The summed E-state index contributed by atoms with van der Waals surface area (Å²) < 4.78 is 39.9. The minimum absolute atomic E-state index is 0.282. The number of carbonyl (C=O) groups is 1. The lowest BCUT2D eigenvalue weighted by Crippen LogP contribution is -2.19. The summed E-state index contributed by atoms with van der Waals surface area (Å²) in [6.45, 7) is -0.282. The number of ether oxygens (including phenoxy) is 1. The van der Waals surface area contributed by atoms with Crippen molar-refractivity contribution >= 4 is 12.0 Å². The van der Waals surface area contributed by atoms with Crippen molar-refractivity contribution in [1.82, 2.24) is 0 Å². The number of hydrogen-bond acceptors (Lipinski definition) is 3. The minimum atomic E-state index is -4.97. The van der Waals surface area contributed by atoms with E-state index in [-0.39, 0.29) is 12.2 Å². The molecule has 0 aliphatic carbocycles. The zero-order chi connectivity index (χ0) is 13.8. The molecular weight excluding hydrogens is 253 g/mol. The molecule has 0 bridgehead atoms. The van der Waals surface area contributed by atoms with Gasteiger partial charge in [0.25, 0.3) is 0 Å². The van der Waals surface area contributed by atoms with E-state index in [9.17, 15) is 18.0 Å². The number of aliphatic hydroxyl groups excluding tert-OH is 1. The Kier molecular flexibility index (Phi) is 4.33. The van der Waals surface area contributed by atoms with Gasteiger partial charge in [-0.15, -0.1) is 13.2 Å². The number of halogens is 3. The predicted molar refractivity (Wildman–Crippen MR) is 56.2 cm³/mol. The van der Waals surface area contributed by atoms with Crippen molar-refractivity contribution in [2.75, 3.05) is 6.61 Å². The molecule has 18 heavy (non-hydrogen) atoms. The van der Waals surface area contributed by atoms with Crippen molar-refractivity contribution in [1.29, 1.82) is 0 Å². The van der Waals surface area contributed by atoms with Crippen LogP contribution in [0.1, 0.15) is 15.9 Å². The van der Waals surface area contributed by atoms with Crippen molar-refractivity contribution in [2.24, 2.45) is 0 Å². The smallest absolute Gasteiger partial charge is 0.478 e. The van der Waals surface area contributed by atoms with Crippen LogP contribution >= 0.6 is 0 Å². The van der Waals surface area contributed by atoms with E-state index in [1.54, 1.807) is 0 Å². The van der Waals surface area contributed by atoms with Gasteiger partial charge in [0.05, 0.1) is 6.61 Å². The summed E-state index contributed by atoms with van der Waals surface area (Å²) in [6.07, 6.45) is -2.33. The largest absolute Gasteiger partial charge is 0.573 e. The lowest BCUT2D eigenvalue weighted by molar-refractivity contribution is -0.274. The molecule has 2 N–H and O–H groups in total. The van der Waals surface area contributed by atoms with Crippen LogP contribution in [-0.4, -0.2) is 29.2 Å². The first-order valence-corrected chi connectivity index (χ1v) is 4.74. The minimum Gasteiger partial charge on any atom is -0.478 e. The second-order valence-electron chi connectivity index (χ2n) is 3.19. The molecular formula is C11H9F3O4. The quantitative estimate of drug-likeness (QED) is 0.873. The molecule has 0 aromatic heterocycles. The van der Waals surface area contributed by atoms with E-state index in [1.165, 1.54) is 18.2 Å². The van der Waals surface area contributed by atoms with E-state index < -0.39 is 23.6 Å². The number of aliphatic hydroxyl groups is 1. The van der Waals surface area contributed by atoms with Gasteiger partial charge >= 0.3 is 12.3 Å². The molecule has 0 saturated heterocycles. The van der Waals surface area contributed by atoms with Gasteiger partial charge in [-0.3, -0.25) is 0 Å². The number of benzene rings is 1. The van der Waals surface area contributed by atoms with Gasteiger partial charge in [-0.1, -0.05) is 18.2 Å². The zero-order valence-corrected chi connectivity index (χ0v) is 8.94. The highest BCUT2D eigenvalue weighted by atomic mass is 19.4. The Balaban J connectivity index is 3.15. The van der Waals surface area contributed by atoms with Crippen LogP contribution in [-0.2, 0) is 0 Å². The Labute approximate surface area is 99.9 Å². The molecule has 4 nitrogen and oxygen atoms in total. The lowest BCUT2D eigenvalue weighted by atomic mass is 10.1. The second-order valence-corrected chi connectivity index (χ2v) is 3.19. The Hall–Kier alpha value is -2.02. The summed E-state index contributed by atoms with van der Waals surface area (Å²) >= 11 is 0. The molecule has 0 fully saturated rings. The maximum absolute atomic E-state index is 12.1. The first kappa shape index (κ1) is 14.0. The van der Waals surface area contributed by atoms with E-state index >= 15 is 0 Å². The van der Waals surface area contributed by atoms with E-state index in [2.05, 4.69) is 4.74 Å². The number of rotatable bonds is 4. The first-order valence-electron chi connectivity index (χ1n) is 4.74. The lowest BCUT2D eigenvalue weighted by Gasteiger charge is -2.11. The maximum atomic E-state index is 12.1. The van der Waals surface area contributed by atoms with Gasteiger partial charge in [0.15, 0.2) is 0 Å². The molecule has 1 aromatic rings. The molecule has 0 aliphatic rings. The molecule has 0 saturated carbocycles. The number of alkyl halides is 3. The fourth-order valence-corrected chi connectivity index (χ4v) is 1.22. The Bertz CT molecular complexity index is 466. The van der Waals surface area contributed by atoms with Gasteiger partial charge in [0.1, 0.15) is 11.3 Å². The van der Waals surface area contributed by atoms with Crippen LogP contribution in [0.4, 0.5) is 13.2 Å². The fraction of sp³-hybridized carbons (Fsp3) is 0.182. The van der Waals surface area contributed by atoms with Crippen LogP contribution in [0.15, 0.2) is 24.3 Å². The topological polar surface area (TPSA) is 66.8 Å². The number of aromatic carboxylic acids is 1. The Morgan fingerprint density at radius 3 is 2.56 bits per heavy atom. The number of carboxylic acid groups (broad SMARTS) is 1. The van der Waals surface area contributed by atoms with Crippen LogP contribution in [0.3, 0.4) is 0 Å². The van der Waals surface area contributed by atoms with Crippen LogP contribution in [0.25, 0.3) is 6.08 Å². The van der Waals surface area contributed by atoms with Crippen LogP contribution in [0, 0.1) is 0 Å². The molecule has 0 spiro atoms. The molecule has 0 unspecified atom stereocenters. The van der Waals surface area contributed by atoms with Gasteiger partial charge in [-0.2, -0.15) is 0 Å². The summed E-state index contributed by atoms with van der Waals surface area (Å²) in [4.78, 5) is 10.7. The standard InChI is InChI=1S/C11H9F3O4/c12-11(13,14)18-9-6-7(2-1-5-15)3-4-8(9)10(16)17/h1-4,6,15H,5H2,(H,16,17).